The van der Waals surface area contributed by atoms with E-state index in [9.17, 15) is 19.2 Å². The van der Waals surface area contributed by atoms with Gasteiger partial charge in [-0.2, -0.15) is 14.3 Å². The Morgan fingerprint density at radius 3 is 2.61 bits per heavy atom. The molecule has 1 atom stereocenters. The van der Waals surface area contributed by atoms with Crippen LogP contribution in [0.5, 0.6) is 0 Å². The molecule has 5 amide bonds. The Balaban J connectivity index is 1.31. The van der Waals surface area contributed by atoms with Crippen molar-refractivity contribution in [3.63, 3.8) is 0 Å². The van der Waals surface area contributed by atoms with Crippen LogP contribution in [-0.4, -0.2) is 58.1 Å². The third-order valence-corrected chi connectivity index (χ3v) is 7.17. The largest absolute Gasteiger partial charge is 0.501 e. The highest BCUT2D eigenvalue weighted by atomic mass is 35.5. The quantitative estimate of drug-likeness (QED) is 0.372. The molecule has 190 valence electrons. The number of benzene rings is 1. The number of halogens is 1. The minimum Gasteiger partial charge on any atom is -0.352 e. The van der Waals surface area contributed by atoms with E-state index in [2.05, 4.69) is 10.6 Å². The summed E-state index contributed by atoms with van der Waals surface area (Å²) in [6.07, 6.45) is 12.4. The maximum Gasteiger partial charge on any atom is 0.501 e. The molecule has 0 aromatic heterocycles. The van der Waals surface area contributed by atoms with E-state index in [1.165, 1.54) is 9.48 Å². The Labute approximate surface area is 216 Å². The number of amides is 5. The van der Waals surface area contributed by atoms with Gasteiger partial charge in [-0.3, -0.25) is 9.59 Å². The van der Waals surface area contributed by atoms with Gasteiger partial charge in [0.05, 0.1) is 6.54 Å². The zero-order chi connectivity index (χ0) is 25.5. The lowest BCUT2D eigenvalue weighted by atomic mass is 9.94. The Kier molecular flexibility index (Phi) is 8.70. The minimum atomic E-state index is -0.592. The predicted molar refractivity (Wildman–Crippen MR) is 137 cm³/mol. The van der Waals surface area contributed by atoms with Crippen molar-refractivity contribution in [2.24, 2.45) is 5.92 Å². The molecule has 36 heavy (non-hydrogen) atoms. The van der Waals surface area contributed by atoms with Crippen LogP contribution in [0, 0.1) is 5.92 Å². The SMILES string of the molecule is O=C(CCCCN1C(=O)C2C=CC=CC2=[N+](CC(=O)NC2CCCC2)C1=O)NCc1ccccc1Cl. The monoisotopic (exact) mass is 511 g/mol. The van der Waals surface area contributed by atoms with Gasteiger partial charge in [-0.1, -0.05) is 60.9 Å². The van der Waals surface area contributed by atoms with Crippen LogP contribution in [0.25, 0.3) is 0 Å². The zero-order valence-electron chi connectivity index (χ0n) is 20.2. The topological polar surface area (TPSA) is 98.6 Å². The van der Waals surface area contributed by atoms with Crippen molar-refractivity contribution in [1.82, 2.24) is 15.5 Å². The Hall–Kier alpha value is -3.26. The maximum absolute atomic E-state index is 13.3. The Morgan fingerprint density at radius 2 is 1.83 bits per heavy atom. The van der Waals surface area contributed by atoms with Gasteiger partial charge in [0.1, 0.15) is 11.6 Å². The van der Waals surface area contributed by atoms with Crippen LogP contribution in [0.2, 0.25) is 5.02 Å². The van der Waals surface area contributed by atoms with Crippen molar-refractivity contribution in [3.8, 4) is 0 Å². The Morgan fingerprint density at radius 1 is 1.06 bits per heavy atom. The first-order valence-corrected chi connectivity index (χ1v) is 13.0. The first-order chi connectivity index (χ1) is 17.4. The standard InChI is InChI=1S/C27H31ClN4O4/c28-22-13-5-1-9-19(22)17-29-24(33)15-7-8-16-31-26(35)21-12-4-6-14-23(21)32(27(31)36)18-25(34)30-20-10-2-3-11-20/h1,4-6,9,12-14,20-21H,2-3,7-8,10-11,15-18H2,(H-,29,30,33,34)/p+1. The molecule has 0 spiro atoms. The smallest absolute Gasteiger partial charge is 0.352 e. The summed E-state index contributed by atoms with van der Waals surface area (Å²) < 4.78 is 1.41. The molecule has 1 aromatic carbocycles. The number of hydrogen-bond acceptors (Lipinski definition) is 4. The molecule has 1 aliphatic heterocycles. The highest BCUT2D eigenvalue weighted by Crippen LogP contribution is 2.21. The summed E-state index contributed by atoms with van der Waals surface area (Å²) in [5.74, 6) is -1.22. The number of rotatable bonds is 10. The van der Waals surface area contributed by atoms with E-state index in [1.54, 1.807) is 30.4 Å². The molecule has 8 nitrogen and oxygen atoms in total. The second-order valence-corrected chi connectivity index (χ2v) is 9.79. The van der Waals surface area contributed by atoms with Crippen molar-refractivity contribution in [3.05, 3.63) is 59.2 Å². The average molecular weight is 512 g/mol. The molecule has 0 radical (unpaired) electrons. The van der Waals surface area contributed by atoms with Crippen LogP contribution in [0.3, 0.4) is 0 Å². The summed E-state index contributed by atoms with van der Waals surface area (Å²) in [6.45, 7) is 0.421. The number of carbonyl (C=O) groups excluding carboxylic acids is 4. The summed E-state index contributed by atoms with van der Waals surface area (Å²) in [7, 11) is 0. The normalized spacial score (nSPS) is 19.6. The molecule has 1 fully saturated rings. The summed E-state index contributed by atoms with van der Waals surface area (Å²) in [5.41, 5.74) is 1.37. The van der Waals surface area contributed by atoms with Gasteiger partial charge in [-0.25, -0.2) is 4.79 Å². The molecule has 0 bridgehead atoms. The summed E-state index contributed by atoms with van der Waals surface area (Å²) in [5, 5.41) is 6.46. The summed E-state index contributed by atoms with van der Waals surface area (Å²) >= 11 is 6.12. The minimum absolute atomic E-state index is 0.117. The van der Waals surface area contributed by atoms with Crippen molar-refractivity contribution < 1.29 is 23.8 Å². The fraction of sp³-hybridized carbons (Fsp3) is 0.444. The lowest BCUT2D eigenvalue weighted by Crippen LogP contribution is -2.56. The molecule has 3 aliphatic rings. The molecule has 1 saturated carbocycles. The van der Waals surface area contributed by atoms with Crippen LogP contribution >= 0.6 is 11.6 Å². The van der Waals surface area contributed by atoms with Crippen LogP contribution in [0.4, 0.5) is 4.79 Å². The molecular weight excluding hydrogens is 480 g/mol. The molecule has 4 rings (SSSR count). The number of fused-ring (bicyclic) bond motifs is 1. The molecule has 2 N–H and O–H groups in total. The van der Waals surface area contributed by atoms with Gasteiger partial charge < -0.3 is 10.6 Å². The lowest BCUT2D eigenvalue weighted by molar-refractivity contribution is -0.428. The van der Waals surface area contributed by atoms with Gasteiger partial charge in [0.25, 0.3) is 5.91 Å². The average Bonchev–Trinajstić information content (AvgIpc) is 3.38. The number of imide groups is 1. The van der Waals surface area contributed by atoms with Gasteiger partial charge in [0, 0.05) is 24.0 Å². The van der Waals surface area contributed by atoms with Gasteiger partial charge in [0.15, 0.2) is 6.54 Å². The predicted octanol–water partition coefficient (Wildman–Crippen LogP) is 3.34. The highest BCUT2D eigenvalue weighted by molar-refractivity contribution is 6.31. The number of nitrogens with one attached hydrogen (secondary N) is 2. The molecule has 9 heteroatoms. The third kappa shape index (κ3) is 6.29. The van der Waals surface area contributed by atoms with E-state index in [0.717, 1.165) is 31.2 Å². The molecule has 1 unspecified atom stereocenters. The highest BCUT2D eigenvalue weighted by Gasteiger charge is 2.46. The van der Waals surface area contributed by atoms with Crippen molar-refractivity contribution in [2.75, 3.05) is 13.1 Å². The van der Waals surface area contributed by atoms with E-state index in [-0.39, 0.29) is 43.3 Å². The molecule has 1 aromatic rings. The fourth-order valence-corrected chi connectivity index (χ4v) is 5.05. The number of unbranched alkanes of at least 4 members (excludes halogenated alkanes) is 1. The van der Waals surface area contributed by atoms with E-state index in [4.69, 9.17) is 11.6 Å². The van der Waals surface area contributed by atoms with E-state index in [1.807, 2.05) is 18.2 Å². The van der Waals surface area contributed by atoms with Crippen LogP contribution < -0.4 is 10.6 Å². The third-order valence-electron chi connectivity index (χ3n) is 6.80. The zero-order valence-corrected chi connectivity index (χ0v) is 21.0. The number of nitrogens with zero attached hydrogens (tertiary/aromatic N) is 2. The van der Waals surface area contributed by atoms with E-state index in [0.29, 0.717) is 30.1 Å². The van der Waals surface area contributed by atoms with Gasteiger partial charge in [-0.15, -0.1) is 0 Å². The first kappa shape index (κ1) is 25.8. The molecule has 0 saturated heterocycles. The Bertz CT molecular complexity index is 1120. The second kappa shape index (κ2) is 12.1. The van der Waals surface area contributed by atoms with Crippen LogP contribution in [0.15, 0.2) is 48.6 Å². The molecule has 1 heterocycles. The number of allylic oxidation sites excluding steroid dienone is 3. The van der Waals surface area contributed by atoms with Crippen molar-refractivity contribution >= 4 is 41.1 Å². The fourth-order valence-electron chi connectivity index (χ4n) is 4.85. The van der Waals surface area contributed by atoms with Crippen molar-refractivity contribution in [1.29, 1.82) is 0 Å². The van der Waals surface area contributed by atoms with Gasteiger partial charge in [-0.05, 0) is 43.4 Å². The second-order valence-electron chi connectivity index (χ2n) is 9.38. The van der Waals surface area contributed by atoms with Gasteiger partial charge in [0.2, 0.25) is 5.91 Å². The van der Waals surface area contributed by atoms with E-state index < -0.39 is 11.9 Å². The molecule has 2 aliphatic carbocycles. The van der Waals surface area contributed by atoms with Crippen LogP contribution in [0.1, 0.15) is 50.5 Å². The number of urea groups is 1. The molecular formula is C27H32ClN4O4+. The van der Waals surface area contributed by atoms with Crippen LogP contribution in [-0.2, 0) is 20.9 Å². The summed E-state index contributed by atoms with van der Waals surface area (Å²) in [6, 6.07) is 6.99. The van der Waals surface area contributed by atoms with Gasteiger partial charge >= 0.3 is 11.9 Å². The summed E-state index contributed by atoms with van der Waals surface area (Å²) in [4.78, 5) is 52.5. The lowest BCUT2D eigenvalue weighted by Gasteiger charge is -2.26. The van der Waals surface area contributed by atoms with Crippen molar-refractivity contribution in [2.45, 2.75) is 57.5 Å². The number of hydrogen-bond donors (Lipinski definition) is 2. The van der Waals surface area contributed by atoms with E-state index >= 15 is 0 Å². The first-order valence-electron chi connectivity index (χ1n) is 12.6. The maximum atomic E-state index is 13.3. The number of carbonyl (C=O) groups is 4.